The molecule has 8 nitrogen and oxygen atoms in total. The van der Waals surface area contributed by atoms with E-state index in [1.54, 1.807) is 37.3 Å². The van der Waals surface area contributed by atoms with Gasteiger partial charge in [0.15, 0.2) is 0 Å². The first-order chi connectivity index (χ1) is 15.4. The number of benzene rings is 2. The summed E-state index contributed by atoms with van der Waals surface area (Å²) in [6.07, 6.45) is 1.40. The molecule has 4 amide bonds. The van der Waals surface area contributed by atoms with Crippen LogP contribution in [0.4, 0.5) is 14.9 Å². The van der Waals surface area contributed by atoms with Crippen molar-refractivity contribution >= 4 is 23.5 Å². The summed E-state index contributed by atoms with van der Waals surface area (Å²) in [5, 5.41) is 14.0. The summed E-state index contributed by atoms with van der Waals surface area (Å²) in [5.41, 5.74) is 1.26. The minimum atomic E-state index is -1.01. The number of carbonyl (C=O) groups excluding carboxylic acids is 3. The summed E-state index contributed by atoms with van der Waals surface area (Å²) in [6, 6.07) is 8.40. The molecule has 1 unspecified atom stereocenters. The summed E-state index contributed by atoms with van der Waals surface area (Å²) >= 11 is 0. The maximum atomic E-state index is 14.2. The van der Waals surface area contributed by atoms with Gasteiger partial charge >= 0.3 is 6.03 Å². The van der Waals surface area contributed by atoms with Gasteiger partial charge in [-0.15, -0.1) is 0 Å². The highest BCUT2D eigenvalue weighted by molar-refractivity contribution is 6.09. The van der Waals surface area contributed by atoms with Crippen LogP contribution >= 0.6 is 0 Å². The van der Waals surface area contributed by atoms with Crippen LogP contribution in [0.15, 0.2) is 42.5 Å². The molecule has 2 aliphatic rings. The van der Waals surface area contributed by atoms with Crippen LogP contribution in [0.1, 0.15) is 30.0 Å². The van der Waals surface area contributed by atoms with Crippen molar-refractivity contribution in [3.05, 3.63) is 59.4 Å². The zero-order valence-corrected chi connectivity index (χ0v) is 17.5. The lowest BCUT2D eigenvalue weighted by Gasteiger charge is -2.24. The molecule has 0 aromatic heterocycles. The summed E-state index contributed by atoms with van der Waals surface area (Å²) in [7, 11) is 0. The largest absolute Gasteiger partial charge is 0.491 e. The number of amides is 4. The van der Waals surface area contributed by atoms with Crippen molar-refractivity contribution in [3.63, 3.8) is 0 Å². The van der Waals surface area contributed by atoms with Crippen LogP contribution in [0.2, 0.25) is 0 Å². The number of urea groups is 1. The molecule has 2 aromatic carbocycles. The highest BCUT2D eigenvalue weighted by Gasteiger charge is 2.50. The maximum Gasteiger partial charge on any atom is 0.325 e. The highest BCUT2D eigenvalue weighted by atomic mass is 19.1. The van der Waals surface area contributed by atoms with Gasteiger partial charge in [-0.2, -0.15) is 0 Å². The Hall–Kier alpha value is -3.46. The first kappa shape index (κ1) is 21.8. The molecule has 2 atom stereocenters. The number of aliphatic hydroxyl groups is 1. The Morgan fingerprint density at radius 1 is 1.25 bits per heavy atom. The molecular formula is C23H24FN3O5. The number of hydrogen-bond acceptors (Lipinski definition) is 5. The molecule has 9 heteroatoms. The van der Waals surface area contributed by atoms with Gasteiger partial charge in [0, 0.05) is 0 Å². The van der Waals surface area contributed by atoms with Crippen LogP contribution in [-0.2, 0) is 9.59 Å². The Kier molecular flexibility index (Phi) is 6.09. The number of imide groups is 1. The minimum Gasteiger partial charge on any atom is -0.491 e. The van der Waals surface area contributed by atoms with Crippen LogP contribution in [0.3, 0.4) is 0 Å². The Bertz CT molecular complexity index is 1040. The van der Waals surface area contributed by atoms with Crippen molar-refractivity contribution in [2.24, 2.45) is 5.92 Å². The Balaban J connectivity index is 1.52. The van der Waals surface area contributed by atoms with E-state index in [9.17, 15) is 18.8 Å². The van der Waals surface area contributed by atoms with Crippen LogP contribution in [0.25, 0.3) is 0 Å². The van der Waals surface area contributed by atoms with E-state index in [0.29, 0.717) is 29.7 Å². The standard InChI is InChI=1S/C23H24FN3O5/c1-13-2-9-18(17(24)12-13)25-21(29)20(15-3-4-15)27-22(30)19(26-23(27)31)14-5-7-16(8-6-14)32-11-10-28/h2,5-9,12,15,19-20,28H,3-4,10-11H2,1H3,(H,25,29)(H,26,31)/t19-,20?/m1/s1. The predicted molar refractivity (Wildman–Crippen MR) is 113 cm³/mol. The van der Waals surface area contributed by atoms with Gasteiger partial charge in [0.25, 0.3) is 5.91 Å². The zero-order chi connectivity index (χ0) is 22.8. The number of aryl methyl sites for hydroxylation is 1. The van der Waals surface area contributed by atoms with E-state index in [2.05, 4.69) is 10.6 Å². The average Bonchev–Trinajstić information content (AvgIpc) is 3.56. The topological polar surface area (TPSA) is 108 Å². The van der Waals surface area contributed by atoms with Crippen molar-refractivity contribution in [1.82, 2.24) is 10.2 Å². The molecule has 4 rings (SSSR count). The number of nitrogens with one attached hydrogen (secondary N) is 2. The van der Waals surface area contributed by atoms with Crippen LogP contribution < -0.4 is 15.4 Å². The van der Waals surface area contributed by atoms with Gasteiger partial charge in [-0.1, -0.05) is 18.2 Å². The van der Waals surface area contributed by atoms with Gasteiger partial charge in [-0.05, 0) is 61.1 Å². The van der Waals surface area contributed by atoms with E-state index in [-0.39, 0.29) is 24.8 Å². The molecule has 2 fully saturated rings. The quantitative estimate of drug-likeness (QED) is 0.546. The second kappa shape index (κ2) is 8.96. The molecular weight excluding hydrogens is 417 g/mol. The normalized spacial score (nSPS) is 19.0. The Labute approximate surface area is 184 Å². The van der Waals surface area contributed by atoms with E-state index in [1.165, 1.54) is 12.1 Å². The third-order valence-electron chi connectivity index (χ3n) is 5.54. The molecule has 1 aliphatic heterocycles. The van der Waals surface area contributed by atoms with E-state index in [1.807, 2.05) is 0 Å². The number of nitrogens with zero attached hydrogens (tertiary/aromatic N) is 1. The lowest BCUT2D eigenvalue weighted by atomic mass is 10.1. The van der Waals surface area contributed by atoms with Gasteiger partial charge in [-0.25, -0.2) is 14.1 Å². The minimum absolute atomic E-state index is 0.00771. The van der Waals surface area contributed by atoms with Crippen molar-refractivity contribution in [3.8, 4) is 5.75 Å². The number of halogens is 1. The summed E-state index contributed by atoms with van der Waals surface area (Å²) in [6.45, 7) is 1.76. The molecule has 1 heterocycles. The van der Waals surface area contributed by atoms with Gasteiger partial charge in [0.2, 0.25) is 5.91 Å². The number of hydrogen-bond donors (Lipinski definition) is 3. The van der Waals surface area contributed by atoms with E-state index in [4.69, 9.17) is 9.84 Å². The zero-order valence-electron chi connectivity index (χ0n) is 17.5. The molecule has 2 aromatic rings. The van der Waals surface area contributed by atoms with Gasteiger partial charge in [-0.3, -0.25) is 9.59 Å². The van der Waals surface area contributed by atoms with Gasteiger partial charge in [0.1, 0.15) is 30.3 Å². The molecule has 0 bridgehead atoms. The molecule has 1 saturated heterocycles. The van der Waals surface area contributed by atoms with E-state index >= 15 is 0 Å². The molecule has 1 saturated carbocycles. The van der Waals surface area contributed by atoms with Crippen LogP contribution in [0.5, 0.6) is 5.75 Å². The average molecular weight is 441 g/mol. The number of anilines is 1. The molecule has 3 N–H and O–H groups in total. The lowest BCUT2D eigenvalue weighted by Crippen LogP contribution is -2.49. The Morgan fingerprint density at radius 3 is 2.59 bits per heavy atom. The fourth-order valence-corrected chi connectivity index (χ4v) is 3.79. The van der Waals surface area contributed by atoms with Crippen molar-refractivity contribution in [1.29, 1.82) is 0 Å². The fraction of sp³-hybridized carbons (Fsp3) is 0.348. The van der Waals surface area contributed by atoms with Gasteiger partial charge in [0.05, 0.1) is 12.3 Å². The first-order valence-electron chi connectivity index (χ1n) is 10.4. The van der Waals surface area contributed by atoms with Crippen LogP contribution in [0, 0.1) is 18.7 Å². The van der Waals surface area contributed by atoms with Crippen LogP contribution in [-0.4, -0.2) is 47.1 Å². The third kappa shape index (κ3) is 4.43. The van der Waals surface area contributed by atoms with Crippen molar-refractivity contribution in [2.75, 3.05) is 18.5 Å². The maximum absolute atomic E-state index is 14.2. The Morgan fingerprint density at radius 2 is 1.97 bits per heavy atom. The van der Waals surface area contributed by atoms with Crippen molar-refractivity contribution in [2.45, 2.75) is 31.8 Å². The molecule has 1 aliphatic carbocycles. The predicted octanol–water partition coefficient (Wildman–Crippen LogP) is 2.52. The second-order valence-electron chi connectivity index (χ2n) is 7.99. The summed E-state index contributed by atoms with van der Waals surface area (Å²) in [4.78, 5) is 39.8. The number of carbonyl (C=O) groups is 3. The fourth-order valence-electron chi connectivity index (χ4n) is 3.79. The second-order valence-corrected chi connectivity index (χ2v) is 7.99. The molecule has 168 valence electrons. The van der Waals surface area contributed by atoms with Gasteiger partial charge < -0.3 is 20.5 Å². The smallest absolute Gasteiger partial charge is 0.325 e. The molecule has 0 radical (unpaired) electrons. The number of aliphatic hydroxyl groups excluding tert-OH is 1. The number of ether oxygens (including phenoxy) is 1. The SMILES string of the molecule is Cc1ccc(NC(=O)C(C2CC2)N2C(=O)N[C@H](c3ccc(OCCO)cc3)C2=O)c(F)c1. The number of rotatable bonds is 8. The summed E-state index contributed by atoms with van der Waals surface area (Å²) in [5.74, 6) is -1.34. The highest BCUT2D eigenvalue weighted by Crippen LogP contribution is 2.38. The first-order valence-corrected chi connectivity index (χ1v) is 10.4. The molecule has 0 spiro atoms. The monoisotopic (exact) mass is 441 g/mol. The third-order valence-corrected chi connectivity index (χ3v) is 5.54. The lowest BCUT2D eigenvalue weighted by molar-refractivity contribution is -0.134. The molecule has 32 heavy (non-hydrogen) atoms. The summed E-state index contributed by atoms with van der Waals surface area (Å²) < 4.78 is 19.5. The van der Waals surface area contributed by atoms with E-state index in [0.717, 1.165) is 4.90 Å². The van der Waals surface area contributed by atoms with E-state index < -0.39 is 35.7 Å². The van der Waals surface area contributed by atoms with Crippen molar-refractivity contribution < 1.29 is 28.6 Å².